The minimum Gasteiger partial charge on any atom is -0.397 e. The van der Waals surface area contributed by atoms with Gasteiger partial charge in [-0.25, -0.2) is 15.0 Å². The molecule has 2 aromatic rings. The van der Waals surface area contributed by atoms with Crippen LogP contribution < -0.4 is 16.4 Å². The molecule has 2 aromatic heterocycles. The van der Waals surface area contributed by atoms with E-state index in [1.54, 1.807) is 6.20 Å². The van der Waals surface area contributed by atoms with Crippen molar-refractivity contribution in [1.29, 1.82) is 0 Å². The summed E-state index contributed by atoms with van der Waals surface area (Å²) >= 11 is 12.6. The molecule has 0 bridgehead atoms. The van der Waals surface area contributed by atoms with Crippen LogP contribution in [0.1, 0.15) is 43.0 Å². The summed E-state index contributed by atoms with van der Waals surface area (Å²) < 4.78 is 0. The number of nitrogens with one attached hydrogen (secondary N) is 2. The Morgan fingerprint density at radius 3 is 2.66 bits per heavy atom. The lowest BCUT2D eigenvalue weighted by Gasteiger charge is -2.16. The van der Waals surface area contributed by atoms with Crippen molar-refractivity contribution >= 4 is 46.1 Å². The van der Waals surface area contributed by atoms with E-state index in [0.717, 1.165) is 36.7 Å². The van der Waals surface area contributed by atoms with E-state index in [-0.39, 0.29) is 5.38 Å². The molecule has 0 spiro atoms. The Balaban J connectivity index is 1.38. The number of allylic oxidation sites excluding steroid dienone is 4. The van der Waals surface area contributed by atoms with Crippen molar-refractivity contribution in [3.05, 3.63) is 53.1 Å². The lowest BCUT2D eigenvalue weighted by molar-refractivity contribution is 0.887. The number of nitrogens with two attached hydrogens (primary N) is 1. The Hall–Kier alpha value is -2.31. The molecule has 152 valence electrons. The van der Waals surface area contributed by atoms with Crippen LogP contribution in [-0.4, -0.2) is 33.4 Å². The highest BCUT2D eigenvalue weighted by atomic mass is 35.5. The first-order chi connectivity index (χ1) is 14.1. The van der Waals surface area contributed by atoms with Gasteiger partial charge in [0.05, 0.1) is 17.3 Å². The lowest BCUT2D eigenvalue weighted by Crippen LogP contribution is -2.13. The third kappa shape index (κ3) is 5.19. The first-order valence-corrected chi connectivity index (χ1v) is 10.7. The van der Waals surface area contributed by atoms with E-state index in [0.29, 0.717) is 28.9 Å². The average Bonchev–Trinajstić information content (AvgIpc) is 3.54. The third-order valence-electron chi connectivity index (χ3n) is 4.95. The molecule has 2 heterocycles. The quantitative estimate of drug-likeness (QED) is 0.413. The van der Waals surface area contributed by atoms with Crippen molar-refractivity contribution in [2.45, 2.75) is 37.0 Å². The zero-order chi connectivity index (χ0) is 20.2. The van der Waals surface area contributed by atoms with Gasteiger partial charge in [0, 0.05) is 41.9 Å². The summed E-state index contributed by atoms with van der Waals surface area (Å²) in [6.45, 7) is 1.60. The van der Waals surface area contributed by atoms with Gasteiger partial charge >= 0.3 is 0 Å². The fraction of sp³-hybridized carbons (Fsp3) is 0.381. The van der Waals surface area contributed by atoms with E-state index in [1.165, 1.54) is 18.4 Å². The van der Waals surface area contributed by atoms with Crippen molar-refractivity contribution in [2.24, 2.45) is 0 Å². The Kier molecular flexibility index (Phi) is 6.21. The van der Waals surface area contributed by atoms with Crippen LogP contribution >= 0.6 is 23.2 Å². The number of nitrogen functional groups attached to an aromatic ring is 1. The highest BCUT2D eigenvalue weighted by molar-refractivity contribution is 6.34. The van der Waals surface area contributed by atoms with Gasteiger partial charge < -0.3 is 16.4 Å². The normalized spacial score (nSPS) is 18.8. The van der Waals surface area contributed by atoms with E-state index >= 15 is 0 Å². The maximum Gasteiger partial charge on any atom is 0.162 e. The summed E-state index contributed by atoms with van der Waals surface area (Å²) in [6, 6.07) is 3.72. The average molecular weight is 431 g/mol. The molecule has 1 atom stereocenters. The SMILES string of the molecule is Nc1ccc(NCCCNc2nc(C3=C(Cl)CC(Cl)C=C3)ncc2C2CC2)nc1. The molecule has 29 heavy (non-hydrogen) atoms. The van der Waals surface area contributed by atoms with E-state index in [2.05, 4.69) is 20.6 Å². The molecular formula is C21H24Cl2N6. The molecule has 1 fully saturated rings. The number of pyridine rings is 1. The Bertz CT molecular complexity index is 921. The minimum atomic E-state index is -0.0716. The molecular weight excluding hydrogens is 407 g/mol. The standard InChI is InChI=1S/C21H24Cl2N6/c22-14-4-6-16(18(23)10-14)20-28-12-17(13-2-3-13)21(29-20)26-9-1-8-25-19-7-5-15(24)11-27-19/h4-7,11-14H,1-3,8-10,24H2,(H,25,27)(H,26,28,29). The summed E-state index contributed by atoms with van der Waals surface area (Å²) in [4.78, 5) is 13.6. The highest BCUT2D eigenvalue weighted by Gasteiger charge is 2.28. The molecule has 0 amide bonds. The van der Waals surface area contributed by atoms with E-state index in [9.17, 15) is 0 Å². The smallest absolute Gasteiger partial charge is 0.162 e. The predicted octanol–water partition coefficient (Wildman–Crippen LogP) is 4.76. The number of hydrogen-bond donors (Lipinski definition) is 3. The summed E-state index contributed by atoms with van der Waals surface area (Å²) in [6.07, 6.45) is 11.4. The molecule has 4 rings (SSSR count). The van der Waals surface area contributed by atoms with Crippen LogP contribution in [0.15, 0.2) is 41.7 Å². The van der Waals surface area contributed by atoms with Crippen LogP contribution in [0.2, 0.25) is 0 Å². The molecule has 1 saturated carbocycles. The predicted molar refractivity (Wildman–Crippen MR) is 120 cm³/mol. The molecule has 2 aliphatic carbocycles. The molecule has 0 aromatic carbocycles. The van der Waals surface area contributed by atoms with Crippen molar-refractivity contribution < 1.29 is 0 Å². The zero-order valence-electron chi connectivity index (χ0n) is 16.0. The molecule has 6 nitrogen and oxygen atoms in total. The van der Waals surface area contributed by atoms with Crippen molar-refractivity contribution in [1.82, 2.24) is 15.0 Å². The number of alkyl halides is 1. The van der Waals surface area contributed by atoms with Crippen molar-refractivity contribution in [2.75, 3.05) is 29.5 Å². The van der Waals surface area contributed by atoms with Crippen LogP contribution in [0.4, 0.5) is 17.3 Å². The van der Waals surface area contributed by atoms with Crippen LogP contribution in [0.25, 0.3) is 5.57 Å². The third-order valence-corrected chi connectivity index (χ3v) is 5.61. The van der Waals surface area contributed by atoms with Gasteiger partial charge in [-0.1, -0.05) is 23.8 Å². The van der Waals surface area contributed by atoms with Crippen LogP contribution in [0, 0.1) is 0 Å². The monoisotopic (exact) mass is 430 g/mol. The second-order valence-corrected chi connectivity index (χ2v) is 8.37. The van der Waals surface area contributed by atoms with Crippen LogP contribution in [0.5, 0.6) is 0 Å². The number of hydrogen-bond acceptors (Lipinski definition) is 6. The zero-order valence-corrected chi connectivity index (χ0v) is 17.5. The Morgan fingerprint density at radius 1 is 1.10 bits per heavy atom. The number of aromatic nitrogens is 3. The molecule has 8 heteroatoms. The maximum absolute atomic E-state index is 6.41. The first kappa shape index (κ1) is 20.0. The highest BCUT2D eigenvalue weighted by Crippen LogP contribution is 2.43. The second-order valence-electron chi connectivity index (χ2n) is 7.35. The first-order valence-electron chi connectivity index (χ1n) is 9.87. The summed E-state index contributed by atoms with van der Waals surface area (Å²) in [7, 11) is 0. The van der Waals surface area contributed by atoms with E-state index in [4.69, 9.17) is 33.9 Å². The Morgan fingerprint density at radius 2 is 1.93 bits per heavy atom. The van der Waals surface area contributed by atoms with Crippen LogP contribution in [0.3, 0.4) is 0 Å². The largest absolute Gasteiger partial charge is 0.397 e. The van der Waals surface area contributed by atoms with Gasteiger partial charge in [-0.2, -0.15) is 0 Å². The maximum atomic E-state index is 6.41. The van der Waals surface area contributed by atoms with Gasteiger partial charge in [0.15, 0.2) is 5.82 Å². The van der Waals surface area contributed by atoms with Gasteiger partial charge in [-0.05, 0) is 37.3 Å². The number of anilines is 3. The number of rotatable bonds is 8. The van der Waals surface area contributed by atoms with E-state index < -0.39 is 0 Å². The lowest BCUT2D eigenvalue weighted by atomic mass is 10.1. The number of nitrogens with zero attached hydrogens (tertiary/aromatic N) is 3. The molecule has 0 saturated heterocycles. The van der Waals surface area contributed by atoms with Gasteiger partial charge in [0.2, 0.25) is 0 Å². The van der Waals surface area contributed by atoms with Crippen molar-refractivity contribution in [3.63, 3.8) is 0 Å². The molecule has 0 radical (unpaired) electrons. The minimum absolute atomic E-state index is 0.0716. The second kappa shape index (κ2) is 9.01. The fourth-order valence-electron chi connectivity index (χ4n) is 3.21. The molecule has 2 aliphatic rings. The van der Waals surface area contributed by atoms with Gasteiger partial charge in [-0.3, -0.25) is 0 Å². The Labute approximate surface area is 180 Å². The molecule has 0 aliphatic heterocycles. The summed E-state index contributed by atoms with van der Waals surface area (Å²) in [5.74, 6) is 2.93. The summed E-state index contributed by atoms with van der Waals surface area (Å²) in [5.41, 5.74) is 8.36. The van der Waals surface area contributed by atoms with Crippen LogP contribution in [-0.2, 0) is 0 Å². The van der Waals surface area contributed by atoms with Gasteiger partial charge in [0.1, 0.15) is 11.6 Å². The summed E-state index contributed by atoms with van der Waals surface area (Å²) in [5, 5.41) is 7.42. The van der Waals surface area contributed by atoms with Gasteiger partial charge in [0.25, 0.3) is 0 Å². The number of halogens is 2. The van der Waals surface area contributed by atoms with Gasteiger partial charge in [-0.15, -0.1) is 11.6 Å². The fourth-order valence-corrected chi connectivity index (χ4v) is 3.83. The topological polar surface area (TPSA) is 88.8 Å². The molecule has 4 N–H and O–H groups in total. The van der Waals surface area contributed by atoms with Crippen molar-refractivity contribution in [3.8, 4) is 0 Å². The molecule has 1 unspecified atom stereocenters. The van der Waals surface area contributed by atoms with E-state index in [1.807, 2.05) is 30.5 Å².